The highest BCUT2D eigenvalue weighted by Crippen LogP contribution is 2.24. The first-order valence-electron chi connectivity index (χ1n) is 6.74. The maximum absolute atomic E-state index is 5.98. The average Bonchev–Trinajstić information content (AvgIpc) is 3.02. The van der Waals surface area contributed by atoms with E-state index in [9.17, 15) is 0 Å². The van der Waals surface area contributed by atoms with Crippen LogP contribution in [-0.4, -0.2) is 30.6 Å². The molecule has 0 spiro atoms. The van der Waals surface area contributed by atoms with Crippen molar-refractivity contribution in [1.29, 1.82) is 0 Å². The molecule has 2 nitrogen and oxygen atoms in total. The first-order chi connectivity index (χ1) is 8.56. The molecule has 2 rings (SSSR count). The van der Waals surface area contributed by atoms with Crippen LogP contribution in [0.15, 0.2) is 12.1 Å². The SMILES string of the molecule is CC(C)C(CNC1CC1)N(C)Cc1ccc(Cl)s1. The smallest absolute Gasteiger partial charge is 0.0931 e. The monoisotopic (exact) mass is 286 g/mol. The second-order valence-corrected chi connectivity index (χ2v) is 7.41. The third kappa shape index (κ3) is 4.23. The van der Waals surface area contributed by atoms with Gasteiger partial charge < -0.3 is 5.32 Å². The fourth-order valence-electron chi connectivity index (χ4n) is 2.28. The van der Waals surface area contributed by atoms with Crippen LogP contribution in [0.2, 0.25) is 4.34 Å². The summed E-state index contributed by atoms with van der Waals surface area (Å²) in [5.74, 6) is 0.664. The molecule has 1 N–H and O–H groups in total. The molecular weight excluding hydrogens is 264 g/mol. The number of rotatable bonds is 7. The van der Waals surface area contributed by atoms with Crippen molar-refractivity contribution in [3.63, 3.8) is 0 Å². The maximum Gasteiger partial charge on any atom is 0.0931 e. The molecule has 1 aliphatic rings. The van der Waals surface area contributed by atoms with Crippen molar-refractivity contribution < 1.29 is 0 Å². The first-order valence-corrected chi connectivity index (χ1v) is 7.93. The third-order valence-electron chi connectivity index (χ3n) is 3.56. The summed E-state index contributed by atoms with van der Waals surface area (Å²) in [5.41, 5.74) is 0. The Bertz CT molecular complexity index is 374. The van der Waals surface area contributed by atoms with Gasteiger partial charge in [-0.15, -0.1) is 11.3 Å². The molecule has 1 heterocycles. The Kier molecular flexibility index (Phi) is 5.07. The van der Waals surface area contributed by atoms with Gasteiger partial charge in [0.15, 0.2) is 0 Å². The summed E-state index contributed by atoms with van der Waals surface area (Å²) in [7, 11) is 2.22. The third-order valence-corrected chi connectivity index (χ3v) is 4.78. The van der Waals surface area contributed by atoms with Gasteiger partial charge in [-0.1, -0.05) is 25.4 Å². The summed E-state index contributed by atoms with van der Waals surface area (Å²) in [4.78, 5) is 3.79. The molecule has 0 aromatic carbocycles. The van der Waals surface area contributed by atoms with Gasteiger partial charge in [0.1, 0.15) is 0 Å². The van der Waals surface area contributed by atoms with Crippen molar-refractivity contribution in [1.82, 2.24) is 10.2 Å². The number of thiophene rings is 1. The largest absolute Gasteiger partial charge is 0.312 e. The molecule has 18 heavy (non-hydrogen) atoms. The predicted molar refractivity (Wildman–Crippen MR) is 80.4 cm³/mol. The Balaban J connectivity index is 1.87. The lowest BCUT2D eigenvalue weighted by atomic mass is 10.0. The Morgan fingerprint density at radius 3 is 2.67 bits per heavy atom. The molecule has 1 fully saturated rings. The topological polar surface area (TPSA) is 15.3 Å². The molecule has 1 aromatic heterocycles. The van der Waals surface area contributed by atoms with E-state index in [1.165, 1.54) is 17.7 Å². The second kappa shape index (κ2) is 6.38. The normalized spacial score (nSPS) is 17.7. The van der Waals surface area contributed by atoms with Gasteiger partial charge in [0.25, 0.3) is 0 Å². The van der Waals surface area contributed by atoms with Crippen LogP contribution in [0, 0.1) is 5.92 Å². The van der Waals surface area contributed by atoms with Gasteiger partial charge in [-0.3, -0.25) is 4.90 Å². The number of nitrogens with one attached hydrogen (secondary N) is 1. The number of halogens is 1. The number of nitrogens with zero attached hydrogens (tertiary/aromatic N) is 1. The van der Waals surface area contributed by atoms with Gasteiger partial charge in [0.05, 0.1) is 4.34 Å². The van der Waals surface area contributed by atoms with E-state index in [0.717, 1.165) is 23.5 Å². The molecule has 0 saturated heterocycles. The summed E-state index contributed by atoms with van der Waals surface area (Å²) < 4.78 is 0.885. The quantitative estimate of drug-likeness (QED) is 0.824. The van der Waals surface area contributed by atoms with E-state index in [1.807, 2.05) is 6.07 Å². The van der Waals surface area contributed by atoms with Crippen LogP contribution in [0.5, 0.6) is 0 Å². The van der Waals surface area contributed by atoms with Gasteiger partial charge in [-0.25, -0.2) is 0 Å². The van der Waals surface area contributed by atoms with E-state index < -0.39 is 0 Å². The molecule has 1 saturated carbocycles. The molecule has 4 heteroatoms. The number of hydrogen-bond donors (Lipinski definition) is 1. The maximum atomic E-state index is 5.98. The van der Waals surface area contributed by atoms with E-state index in [0.29, 0.717) is 12.0 Å². The fourth-order valence-corrected chi connectivity index (χ4v) is 3.43. The summed E-state index contributed by atoms with van der Waals surface area (Å²) >= 11 is 7.67. The van der Waals surface area contributed by atoms with Crippen LogP contribution in [0.4, 0.5) is 0 Å². The minimum absolute atomic E-state index is 0.589. The van der Waals surface area contributed by atoms with E-state index in [1.54, 1.807) is 11.3 Å². The summed E-state index contributed by atoms with van der Waals surface area (Å²) in [6, 6.07) is 5.50. The van der Waals surface area contributed by atoms with Crippen molar-refractivity contribution >= 4 is 22.9 Å². The van der Waals surface area contributed by atoms with E-state index in [4.69, 9.17) is 11.6 Å². The molecule has 0 bridgehead atoms. The van der Waals surface area contributed by atoms with Crippen LogP contribution in [0.25, 0.3) is 0 Å². The minimum atomic E-state index is 0.589. The van der Waals surface area contributed by atoms with E-state index in [2.05, 4.69) is 37.2 Å². The Hall–Kier alpha value is -0.0900. The molecule has 1 aromatic rings. The highest BCUT2D eigenvalue weighted by Gasteiger charge is 2.25. The zero-order valence-corrected chi connectivity index (χ0v) is 13.0. The standard InChI is InChI=1S/C14H23ClN2S/c1-10(2)13(8-16-11-4-5-11)17(3)9-12-6-7-14(15)18-12/h6-7,10-11,13,16H,4-5,8-9H2,1-3H3. The lowest BCUT2D eigenvalue weighted by Crippen LogP contribution is -2.43. The molecule has 1 aliphatic carbocycles. The highest BCUT2D eigenvalue weighted by atomic mass is 35.5. The molecule has 1 atom stereocenters. The van der Waals surface area contributed by atoms with Gasteiger partial charge in [-0.05, 0) is 37.9 Å². The van der Waals surface area contributed by atoms with Gasteiger partial charge >= 0.3 is 0 Å². The summed E-state index contributed by atoms with van der Waals surface area (Å²) in [6.07, 6.45) is 2.71. The molecule has 0 amide bonds. The van der Waals surface area contributed by atoms with Crippen molar-refractivity contribution in [2.24, 2.45) is 5.92 Å². The Morgan fingerprint density at radius 2 is 2.17 bits per heavy atom. The highest BCUT2D eigenvalue weighted by molar-refractivity contribution is 7.16. The molecular formula is C14H23ClN2S. The number of hydrogen-bond acceptors (Lipinski definition) is 3. The lowest BCUT2D eigenvalue weighted by Gasteiger charge is -2.31. The summed E-state index contributed by atoms with van der Waals surface area (Å²) in [6.45, 7) is 6.69. The molecule has 102 valence electrons. The lowest BCUT2D eigenvalue weighted by molar-refractivity contribution is 0.180. The zero-order chi connectivity index (χ0) is 13.1. The van der Waals surface area contributed by atoms with E-state index >= 15 is 0 Å². The minimum Gasteiger partial charge on any atom is -0.312 e. The van der Waals surface area contributed by atoms with Gasteiger partial charge in [0.2, 0.25) is 0 Å². The van der Waals surface area contributed by atoms with Gasteiger partial charge in [0, 0.05) is 30.1 Å². The van der Waals surface area contributed by atoms with Crippen LogP contribution in [0.1, 0.15) is 31.6 Å². The second-order valence-electron chi connectivity index (χ2n) is 5.61. The van der Waals surface area contributed by atoms with Crippen molar-refractivity contribution in [3.05, 3.63) is 21.3 Å². The Morgan fingerprint density at radius 1 is 1.44 bits per heavy atom. The van der Waals surface area contributed by atoms with E-state index in [-0.39, 0.29) is 0 Å². The Labute approximate surface area is 119 Å². The van der Waals surface area contributed by atoms with Crippen LogP contribution >= 0.6 is 22.9 Å². The van der Waals surface area contributed by atoms with Crippen LogP contribution in [-0.2, 0) is 6.54 Å². The molecule has 0 radical (unpaired) electrons. The van der Waals surface area contributed by atoms with Crippen molar-refractivity contribution in [2.75, 3.05) is 13.6 Å². The number of likely N-dealkylation sites (N-methyl/N-ethyl adjacent to an activating group) is 1. The predicted octanol–water partition coefficient (Wildman–Crippen LogP) is 3.61. The van der Waals surface area contributed by atoms with Gasteiger partial charge in [-0.2, -0.15) is 0 Å². The first kappa shape index (κ1) is 14.3. The fraction of sp³-hybridized carbons (Fsp3) is 0.714. The van der Waals surface area contributed by atoms with Crippen molar-refractivity contribution in [2.45, 2.75) is 45.3 Å². The van der Waals surface area contributed by atoms with Crippen molar-refractivity contribution in [3.8, 4) is 0 Å². The average molecular weight is 287 g/mol. The zero-order valence-electron chi connectivity index (χ0n) is 11.4. The summed E-state index contributed by atoms with van der Waals surface area (Å²) in [5, 5.41) is 3.65. The molecule has 1 unspecified atom stereocenters. The van der Waals surface area contributed by atoms with Crippen LogP contribution in [0.3, 0.4) is 0 Å². The van der Waals surface area contributed by atoms with Crippen LogP contribution < -0.4 is 5.32 Å². The molecule has 0 aliphatic heterocycles.